The molecule has 1 aliphatic heterocycles. The largest absolute Gasteiger partial charge is 0.338 e. The maximum Gasteiger partial charge on any atom is 0.264 e. The third-order valence-corrected chi connectivity index (χ3v) is 6.64. The zero-order chi connectivity index (χ0) is 21.9. The van der Waals surface area contributed by atoms with Gasteiger partial charge >= 0.3 is 0 Å². The number of aromatic nitrogens is 2. The fourth-order valence-electron chi connectivity index (χ4n) is 3.90. The minimum Gasteiger partial charge on any atom is -0.338 e. The van der Waals surface area contributed by atoms with Gasteiger partial charge < -0.3 is 9.42 Å². The Hall–Kier alpha value is -3.29. The maximum atomic E-state index is 13.2. The summed E-state index contributed by atoms with van der Waals surface area (Å²) in [6.07, 6.45) is 0. The summed E-state index contributed by atoms with van der Waals surface area (Å²) < 4.78 is 5.47. The third kappa shape index (κ3) is 4.35. The van der Waals surface area contributed by atoms with Crippen LogP contribution in [0.1, 0.15) is 21.1 Å². The van der Waals surface area contributed by atoms with Gasteiger partial charge in [-0.3, -0.25) is 9.69 Å². The van der Waals surface area contributed by atoms with E-state index in [4.69, 9.17) is 4.52 Å². The van der Waals surface area contributed by atoms with E-state index in [1.54, 1.807) is 0 Å². The molecular formula is C25H24N4O2S. The van der Waals surface area contributed by atoms with Crippen LogP contribution in [0.3, 0.4) is 0 Å². The Kier molecular flexibility index (Phi) is 5.83. The van der Waals surface area contributed by atoms with Gasteiger partial charge in [-0.15, -0.1) is 11.3 Å². The van der Waals surface area contributed by atoms with Crippen molar-refractivity contribution in [3.8, 4) is 22.5 Å². The number of amides is 1. The van der Waals surface area contributed by atoms with Crippen molar-refractivity contribution in [2.24, 2.45) is 0 Å². The van der Waals surface area contributed by atoms with Crippen LogP contribution in [0.2, 0.25) is 0 Å². The second kappa shape index (κ2) is 9.06. The number of hydrogen-bond donors (Lipinski definition) is 0. The molecule has 32 heavy (non-hydrogen) atoms. The molecule has 0 aliphatic carbocycles. The van der Waals surface area contributed by atoms with Gasteiger partial charge in [0, 0.05) is 37.3 Å². The van der Waals surface area contributed by atoms with Gasteiger partial charge in [-0.1, -0.05) is 65.3 Å². The minimum atomic E-state index is 0.109. The lowest BCUT2D eigenvalue weighted by atomic mass is 10.1. The molecule has 4 aromatic rings. The van der Waals surface area contributed by atoms with E-state index in [1.165, 1.54) is 16.9 Å². The quantitative estimate of drug-likeness (QED) is 0.445. The summed E-state index contributed by atoms with van der Waals surface area (Å²) in [7, 11) is 0. The average Bonchev–Trinajstić information content (AvgIpc) is 3.50. The minimum absolute atomic E-state index is 0.109. The van der Waals surface area contributed by atoms with Crippen LogP contribution in [0.5, 0.6) is 0 Å². The highest BCUT2D eigenvalue weighted by Crippen LogP contribution is 2.29. The number of benzene rings is 2. The third-order valence-electron chi connectivity index (χ3n) is 5.74. The van der Waals surface area contributed by atoms with E-state index in [1.807, 2.05) is 70.9 Å². The zero-order valence-corrected chi connectivity index (χ0v) is 18.7. The van der Waals surface area contributed by atoms with Gasteiger partial charge in [0.25, 0.3) is 5.91 Å². The monoisotopic (exact) mass is 444 g/mol. The van der Waals surface area contributed by atoms with Crippen LogP contribution < -0.4 is 0 Å². The van der Waals surface area contributed by atoms with Crippen LogP contribution in [0, 0.1) is 6.92 Å². The SMILES string of the molecule is Cc1ccc(-c2noc(CN3CCN(C(=O)c4sccc4-c4ccccc4)CC3)n2)cc1. The molecule has 162 valence electrons. The normalized spacial score (nSPS) is 14.6. The Morgan fingerprint density at radius 3 is 2.47 bits per heavy atom. The van der Waals surface area contributed by atoms with Crippen molar-refractivity contribution in [3.05, 3.63) is 82.4 Å². The Balaban J connectivity index is 1.20. The van der Waals surface area contributed by atoms with Gasteiger partial charge in [0.2, 0.25) is 11.7 Å². The highest BCUT2D eigenvalue weighted by molar-refractivity contribution is 7.12. The summed E-state index contributed by atoms with van der Waals surface area (Å²) in [5.74, 6) is 1.32. The maximum absolute atomic E-state index is 13.2. The summed E-state index contributed by atoms with van der Waals surface area (Å²) in [6.45, 7) is 5.57. The summed E-state index contributed by atoms with van der Waals surface area (Å²) >= 11 is 1.51. The standard InChI is InChI=1S/C25H24N4O2S/c1-18-7-9-20(10-8-18)24-26-22(31-27-24)17-28-12-14-29(15-13-28)25(30)23-21(11-16-32-23)19-5-3-2-4-6-19/h2-11,16H,12-15,17H2,1H3. The van der Waals surface area contributed by atoms with Crippen molar-refractivity contribution < 1.29 is 9.32 Å². The predicted octanol–water partition coefficient (Wildman–Crippen LogP) is 4.73. The Bertz CT molecular complexity index is 1190. The first kappa shape index (κ1) is 20.6. The lowest BCUT2D eigenvalue weighted by Crippen LogP contribution is -2.48. The van der Waals surface area contributed by atoms with Crippen molar-refractivity contribution >= 4 is 17.2 Å². The van der Waals surface area contributed by atoms with E-state index in [-0.39, 0.29) is 5.91 Å². The van der Waals surface area contributed by atoms with Crippen molar-refractivity contribution in [1.82, 2.24) is 19.9 Å². The Morgan fingerprint density at radius 2 is 1.72 bits per heavy atom. The molecule has 0 unspecified atom stereocenters. The smallest absolute Gasteiger partial charge is 0.264 e. The van der Waals surface area contributed by atoms with Crippen molar-refractivity contribution in [2.45, 2.75) is 13.5 Å². The summed E-state index contributed by atoms with van der Waals surface area (Å²) in [6, 6.07) is 20.2. The van der Waals surface area contributed by atoms with Gasteiger partial charge in [0.05, 0.1) is 11.4 Å². The van der Waals surface area contributed by atoms with Crippen LogP contribution >= 0.6 is 11.3 Å². The van der Waals surface area contributed by atoms with Gasteiger partial charge in [-0.05, 0) is 23.9 Å². The topological polar surface area (TPSA) is 62.5 Å². The summed E-state index contributed by atoms with van der Waals surface area (Å²) in [5.41, 5.74) is 4.24. The first-order valence-electron chi connectivity index (χ1n) is 10.7. The molecule has 7 heteroatoms. The number of carbonyl (C=O) groups is 1. The predicted molar refractivity (Wildman–Crippen MR) is 125 cm³/mol. The number of rotatable bonds is 5. The van der Waals surface area contributed by atoms with E-state index < -0.39 is 0 Å². The van der Waals surface area contributed by atoms with Gasteiger partial charge in [0.15, 0.2) is 0 Å². The second-order valence-electron chi connectivity index (χ2n) is 7.98. The molecule has 1 saturated heterocycles. The van der Waals surface area contributed by atoms with E-state index in [0.717, 1.165) is 34.7 Å². The number of piperazine rings is 1. The summed E-state index contributed by atoms with van der Waals surface area (Å²) in [4.78, 5) is 22.7. The molecular weight excluding hydrogens is 420 g/mol. The molecule has 1 fully saturated rings. The van der Waals surface area contributed by atoms with Crippen molar-refractivity contribution in [1.29, 1.82) is 0 Å². The molecule has 2 aromatic heterocycles. The molecule has 1 aliphatic rings. The fraction of sp³-hybridized carbons (Fsp3) is 0.240. The van der Waals surface area contributed by atoms with Crippen LogP contribution in [-0.2, 0) is 6.54 Å². The van der Waals surface area contributed by atoms with E-state index in [0.29, 0.717) is 31.3 Å². The number of carbonyl (C=O) groups excluding carboxylic acids is 1. The number of hydrogen-bond acceptors (Lipinski definition) is 6. The van der Waals surface area contributed by atoms with Crippen molar-refractivity contribution in [3.63, 3.8) is 0 Å². The molecule has 5 rings (SSSR count). The first-order valence-corrected chi connectivity index (χ1v) is 11.6. The van der Waals surface area contributed by atoms with Crippen LogP contribution in [-0.4, -0.2) is 52.0 Å². The summed E-state index contributed by atoms with van der Waals surface area (Å²) in [5, 5.41) is 6.11. The highest BCUT2D eigenvalue weighted by Gasteiger charge is 2.26. The molecule has 0 N–H and O–H groups in total. The Labute approximate surface area is 191 Å². The zero-order valence-electron chi connectivity index (χ0n) is 17.9. The molecule has 0 spiro atoms. The highest BCUT2D eigenvalue weighted by atomic mass is 32.1. The van der Waals surface area contributed by atoms with Crippen molar-refractivity contribution in [2.75, 3.05) is 26.2 Å². The van der Waals surface area contributed by atoms with Gasteiger partial charge in [-0.25, -0.2) is 0 Å². The second-order valence-corrected chi connectivity index (χ2v) is 8.89. The van der Waals surface area contributed by atoms with E-state index in [2.05, 4.69) is 22.0 Å². The van der Waals surface area contributed by atoms with Crippen LogP contribution in [0.15, 0.2) is 70.6 Å². The van der Waals surface area contributed by atoms with E-state index >= 15 is 0 Å². The molecule has 0 bridgehead atoms. The van der Waals surface area contributed by atoms with E-state index in [9.17, 15) is 4.79 Å². The average molecular weight is 445 g/mol. The number of nitrogens with zero attached hydrogens (tertiary/aromatic N) is 4. The Morgan fingerprint density at radius 1 is 0.969 bits per heavy atom. The molecule has 3 heterocycles. The molecule has 1 amide bonds. The fourth-order valence-corrected chi connectivity index (χ4v) is 4.79. The lowest BCUT2D eigenvalue weighted by Gasteiger charge is -2.33. The number of thiophene rings is 1. The molecule has 0 saturated carbocycles. The van der Waals surface area contributed by atoms with Gasteiger partial charge in [-0.2, -0.15) is 4.98 Å². The number of aryl methyl sites for hydroxylation is 1. The van der Waals surface area contributed by atoms with Crippen LogP contribution in [0.25, 0.3) is 22.5 Å². The lowest BCUT2D eigenvalue weighted by molar-refractivity contribution is 0.0620. The molecule has 6 nitrogen and oxygen atoms in total. The first-order chi connectivity index (χ1) is 15.7. The van der Waals surface area contributed by atoms with Crippen LogP contribution in [0.4, 0.5) is 0 Å². The molecule has 0 atom stereocenters. The molecule has 2 aromatic carbocycles. The van der Waals surface area contributed by atoms with Gasteiger partial charge in [0.1, 0.15) is 0 Å². The molecule has 0 radical (unpaired) electrons.